The molecule has 1 aliphatic heterocycles. The quantitative estimate of drug-likeness (QED) is 0.369. The minimum Gasteiger partial charge on any atom is -0.510 e. The maximum absolute atomic E-state index is 12.1. The minimum atomic E-state index is -1.76. The number of phenolic OH excluding ortho intramolecular Hbond substituents is 1. The molecule has 0 saturated carbocycles. The van der Waals surface area contributed by atoms with Gasteiger partial charge in [0, 0.05) is 0 Å². The number of hydrogen-bond acceptors (Lipinski definition) is 7. The largest absolute Gasteiger partial charge is 0.510 e. The number of Topliss-reactive ketones (excluding diaryl/α,β-unsaturated/α-hetero) is 1. The predicted octanol–water partition coefficient (Wildman–Crippen LogP) is 1.08. The molecule has 1 aliphatic rings. The Kier molecular flexibility index (Phi) is 4.40. The molecule has 2 rings (SSSR count). The van der Waals surface area contributed by atoms with E-state index in [0.717, 1.165) is 13.0 Å². The number of cyclic esters (lactones) is 2. The lowest BCUT2D eigenvalue weighted by molar-refractivity contribution is -0.162. The molecular formula is C16H12O7. The maximum Gasteiger partial charge on any atom is 0.352 e. The summed E-state index contributed by atoms with van der Waals surface area (Å²) in [5.41, 5.74) is -0.234. The topological polar surface area (TPSA) is 118 Å². The van der Waals surface area contributed by atoms with Crippen LogP contribution in [0.3, 0.4) is 0 Å². The SMILES string of the molecule is CC(=O)C1=C(O)C(C(=O)C=Cc2cccc(O)c2)C(=O)OC1=O. The molecule has 1 aromatic carbocycles. The van der Waals surface area contributed by atoms with Gasteiger partial charge in [-0.05, 0) is 30.7 Å². The second-order valence-electron chi connectivity index (χ2n) is 4.79. The number of ketones is 2. The third-order valence-corrected chi connectivity index (χ3v) is 3.11. The van der Waals surface area contributed by atoms with Gasteiger partial charge in [-0.15, -0.1) is 0 Å². The van der Waals surface area contributed by atoms with Gasteiger partial charge in [-0.25, -0.2) is 4.79 Å². The van der Waals surface area contributed by atoms with Gasteiger partial charge >= 0.3 is 11.9 Å². The molecule has 1 atom stereocenters. The molecule has 1 unspecified atom stereocenters. The molecule has 0 spiro atoms. The normalized spacial score (nSPS) is 18.2. The Morgan fingerprint density at radius 1 is 1.22 bits per heavy atom. The lowest BCUT2D eigenvalue weighted by Gasteiger charge is -2.19. The lowest BCUT2D eigenvalue weighted by Crippen LogP contribution is -2.37. The minimum absolute atomic E-state index is 0.0103. The zero-order valence-corrected chi connectivity index (χ0v) is 12.0. The van der Waals surface area contributed by atoms with Crippen LogP contribution in [0.25, 0.3) is 6.08 Å². The second-order valence-corrected chi connectivity index (χ2v) is 4.79. The molecule has 118 valence electrons. The van der Waals surface area contributed by atoms with Crippen LogP contribution in [0.15, 0.2) is 41.7 Å². The molecule has 0 saturated heterocycles. The monoisotopic (exact) mass is 316 g/mol. The average molecular weight is 316 g/mol. The van der Waals surface area contributed by atoms with Crippen LogP contribution in [0.2, 0.25) is 0 Å². The molecule has 2 N–H and O–H groups in total. The molecule has 7 heteroatoms. The van der Waals surface area contributed by atoms with Crippen LogP contribution < -0.4 is 0 Å². The van der Waals surface area contributed by atoms with Crippen molar-refractivity contribution in [2.24, 2.45) is 5.92 Å². The molecule has 1 aromatic rings. The molecule has 0 aliphatic carbocycles. The highest BCUT2D eigenvalue weighted by Crippen LogP contribution is 2.24. The smallest absolute Gasteiger partial charge is 0.352 e. The molecule has 0 bridgehead atoms. The Labute approximate surface area is 130 Å². The molecule has 0 radical (unpaired) electrons. The van der Waals surface area contributed by atoms with Gasteiger partial charge in [0.05, 0.1) is 0 Å². The summed E-state index contributed by atoms with van der Waals surface area (Å²) in [6, 6.07) is 5.97. The number of aromatic hydroxyl groups is 1. The Morgan fingerprint density at radius 3 is 2.52 bits per heavy atom. The highest BCUT2D eigenvalue weighted by Gasteiger charge is 2.42. The van der Waals surface area contributed by atoms with E-state index in [2.05, 4.69) is 4.74 Å². The van der Waals surface area contributed by atoms with E-state index < -0.39 is 40.8 Å². The zero-order valence-electron chi connectivity index (χ0n) is 12.0. The van der Waals surface area contributed by atoms with E-state index >= 15 is 0 Å². The number of allylic oxidation sites excluding steroid dienone is 1. The van der Waals surface area contributed by atoms with Crippen LogP contribution in [-0.2, 0) is 23.9 Å². The number of phenols is 1. The second kappa shape index (κ2) is 6.27. The standard InChI is InChI=1S/C16H12O7/c1-8(17)12-14(20)13(16(22)23-15(12)21)11(19)6-5-9-3-2-4-10(18)7-9/h2-7,13,18,20H,1H3. The number of esters is 2. The lowest BCUT2D eigenvalue weighted by atomic mass is 9.93. The Hall–Kier alpha value is -3.22. The number of benzene rings is 1. The van der Waals surface area contributed by atoms with Gasteiger partial charge in [0.1, 0.15) is 17.1 Å². The number of aliphatic hydroxyl groups is 1. The highest BCUT2D eigenvalue weighted by atomic mass is 16.6. The van der Waals surface area contributed by atoms with Gasteiger partial charge in [0.15, 0.2) is 17.5 Å². The van der Waals surface area contributed by atoms with Crippen molar-refractivity contribution in [1.82, 2.24) is 0 Å². The average Bonchev–Trinajstić information content (AvgIpc) is 2.44. The van der Waals surface area contributed by atoms with Crippen molar-refractivity contribution in [1.29, 1.82) is 0 Å². The van der Waals surface area contributed by atoms with E-state index in [0.29, 0.717) is 5.56 Å². The summed E-state index contributed by atoms with van der Waals surface area (Å²) in [7, 11) is 0. The van der Waals surface area contributed by atoms with Crippen molar-refractivity contribution in [3.8, 4) is 5.75 Å². The summed E-state index contributed by atoms with van der Waals surface area (Å²) in [6.07, 6.45) is 2.30. The Balaban J connectivity index is 2.32. The van der Waals surface area contributed by atoms with Crippen molar-refractivity contribution in [3.63, 3.8) is 0 Å². The van der Waals surface area contributed by atoms with Crippen LogP contribution in [0.4, 0.5) is 0 Å². The fourth-order valence-corrected chi connectivity index (χ4v) is 2.04. The van der Waals surface area contributed by atoms with E-state index in [4.69, 9.17) is 0 Å². The molecule has 0 fully saturated rings. The number of carbonyl (C=O) groups excluding carboxylic acids is 4. The van der Waals surface area contributed by atoms with Crippen LogP contribution >= 0.6 is 0 Å². The number of aliphatic hydroxyl groups excluding tert-OH is 1. The Morgan fingerprint density at radius 2 is 1.91 bits per heavy atom. The fourth-order valence-electron chi connectivity index (χ4n) is 2.04. The van der Waals surface area contributed by atoms with Crippen LogP contribution in [0, 0.1) is 5.92 Å². The molecule has 1 heterocycles. The van der Waals surface area contributed by atoms with Crippen LogP contribution in [-0.4, -0.2) is 33.7 Å². The predicted molar refractivity (Wildman–Crippen MR) is 77.1 cm³/mol. The Bertz CT molecular complexity index is 770. The van der Waals surface area contributed by atoms with Crippen molar-refractivity contribution >= 4 is 29.6 Å². The van der Waals surface area contributed by atoms with E-state index in [1.807, 2.05) is 0 Å². The maximum atomic E-state index is 12.1. The van der Waals surface area contributed by atoms with Crippen molar-refractivity contribution < 1.29 is 34.1 Å². The van der Waals surface area contributed by atoms with Gasteiger partial charge in [-0.1, -0.05) is 18.2 Å². The van der Waals surface area contributed by atoms with E-state index in [-0.39, 0.29) is 5.75 Å². The fraction of sp³-hybridized carbons (Fsp3) is 0.125. The van der Waals surface area contributed by atoms with Crippen molar-refractivity contribution in [3.05, 3.63) is 47.2 Å². The summed E-state index contributed by atoms with van der Waals surface area (Å²) in [6.45, 7) is 1.01. The first-order valence-corrected chi connectivity index (χ1v) is 6.52. The summed E-state index contributed by atoms with van der Waals surface area (Å²) >= 11 is 0. The molecule has 0 amide bonds. The molecule has 0 aromatic heterocycles. The third-order valence-electron chi connectivity index (χ3n) is 3.11. The zero-order chi connectivity index (χ0) is 17.1. The number of ether oxygens (including phenoxy) is 1. The summed E-state index contributed by atoms with van der Waals surface area (Å²) < 4.78 is 4.32. The van der Waals surface area contributed by atoms with Crippen LogP contribution in [0.5, 0.6) is 5.75 Å². The number of hydrogen-bond donors (Lipinski definition) is 2. The number of rotatable bonds is 4. The van der Waals surface area contributed by atoms with E-state index in [1.54, 1.807) is 12.1 Å². The van der Waals surface area contributed by atoms with Crippen LogP contribution in [0.1, 0.15) is 12.5 Å². The van der Waals surface area contributed by atoms with Gasteiger partial charge < -0.3 is 14.9 Å². The third kappa shape index (κ3) is 3.34. The van der Waals surface area contributed by atoms with E-state index in [1.165, 1.54) is 18.2 Å². The summed E-state index contributed by atoms with van der Waals surface area (Å²) in [5, 5.41) is 19.2. The van der Waals surface area contributed by atoms with Crippen molar-refractivity contribution in [2.75, 3.05) is 0 Å². The molecule has 7 nitrogen and oxygen atoms in total. The first-order chi connectivity index (χ1) is 10.8. The molecular weight excluding hydrogens is 304 g/mol. The highest BCUT2D eigenvalue weighted by molar-refractivity contribution is 6.24. The van der Waals surface area contributed by atoms with Gasteiger partial charge in [0.2, 0.25) is 0 Å². The van der Waals surface area contributed by atoms with Gasteiger partial charge in [-0.3, -0.25) is 14.4 Å². The van der Waals surface area contributed by atoms with E-state index in [9.17, 15) is 29.4 Å². The first-order valence-electron chi connectivity index (χ1n) is 6.52. The summed E-state index contributed by atoms with van der Waals surface area (Å²) in [5.74, 6) is -6.88. The number of carbonyl (C=O) groups is 4. The van der Waals surface area contributed by atoms with Gasteiger partial charge in [0.25, 0.3) is 0 Å². The van der Waals surface area contributed by atoms with Gasteiger partial charge in [-0.2, -0.15) is 0 Å². The molecule has 23 heavy (non-hydrogen) atoms. The van der Waals surface area contributed by atoms with Crippen molar-refractivity contribution in [2.45, 2.75) is 6.92 Å². The summed E-state index contributed by atoms with van der Waals surface area (Å²) in [4.78, 5) is 46.5. The first kappa shape index (κ1) is 16.2.